The summed E-state index contributed by atoms with van der Waals surface area (Å²) in [7, 11) is 0. The van der Waals surface area contributed by atoms with Crippen LogP contribution in [0.3, 0.4) is 0 Å². The molecule has 3 heterocycles. The first kappa shape index (κ1) is 26.1. The smallest absolute Gasteiger partial charge is 0.348 e. The van der Waals surface area contributed by atoms with Crippen molar-refractivity contribution in [1.82, 2.24) is 9.88 Å². The Kier molecular flexibility index (Phi) is 8.40. The van der Waals surface area contributed by atoms with Crippen LogP contribution < -0.4 is 4.90 Å². The Hall–Kier alpha value is -2.51. The number of carboxylic acid groups (broad SMARTS) is 1. The van der Waals surface area contributed by atoms with Crippen LogP contribution in [-0.4, -0.2) is 46.0 Å². The minimum absolute atomic E-state index is 0.0106. The van der Waals surface area contributed by atoms with Crippen LogP contribution in [0.2, 0.25) is 0 Å². The highest BCUT2D eigenvalue weighted by Gasteiger charge is 2.37. The number of hydrogen-bond donors (Lipinski definition) is 1. The van der Waals surface area contributed by atoms with Gasteiger partial charge in [-0.25, -0.2) is 4.79 Å². The van der Waals surface area contributed by atoms with E-state index in [9.17, 15) is 14.7 Å². The molecule has 0 radical (unpaired) electrons. The molecular weight excluding hydrogens is 482 g/mol. The SMILES string of the molecule is C[C@H]1CC[C@H](C(=O)N(c2cc(C3=CCCCC3)sc2C(=O)O)C2CCN(Cc3cccnc3)CC2)CC1. The number of likely N-dealkylation sites (tertiary alicyclic amines) is 1. The van der Waals surface area contributed by atoms with E-state index in [0.717, 1.165) is 82.3 Å². The predicted octanol–water partition coefficient (Wildman–Crippen LogP) is 6.62. The van der Waals surface area contributed by atoms with E-state index >= 15 is 0 Å². The maximum Gasteiger partial charge on any atom is 0.348 e. The molecule has 1 saturated heterocycles. The molecule has 0 atom stereocenters. The van der Waals surface area contributed by atoms with Crippen LogP contribution in [0.5, 0.6) is 0 Å². The van der Waals surface area contributed by atoms with Gasteiger partial charge in [-0.05, 0) is 93.4 Å². The Labute approximate surface area is 224 Å². The van der Waals surface area contributed by atoms with Crippen LogP contribution in [0.4, 0.5) is 5.69 Å². The molecule has 2 fully saturated rings. The molecule has 198 valence electrons. The van der Waals surface area contributed by atoms with Crippen molar-refractivity contribution in [2.45, 2.75) is 83.7 Å². The van der Waals surface area contributed by atoms with Crippen molar-refractivity contribution in [2.24, 2.45) is 11.8 Å². The molecule has 3 aliphatic rings. The lowest BCUT2D eigenvalue weighted by molar-refractivity contribution is -0.124. The number of nitrogens with zero attached hydrogens (tertiary/aromatic N) is 3. The van der Waals surface area contributed by atoms with Crippen molar-refractivity contribution in [2.75, 3.05) is 18.0 Å². The summed E-state index contributed by atoms with van der Waals surface area (Å²) in [6.45, 7) is 4.89. The summed E-state index contributed by atoms with van der Waals surface area (Å²) < 4.78 is 0. The minimum Gasteiger partial charge on any atom is -0.477 e. The number of rotatable bonds is 7. The second-order valence-electron chi connectivity index (χ2n) is 11.1. The van der Waals surface area contributed by atoms with Crippen molar-refractivity contribution < 1.29 is 14.7 Å². The fraction of sp³-hybridized carbons (Fsp3) is 0.567. The van der Waals surface area contributed by atoms with Gasteiger partial charge in [-0.1, -0.05) is 19.1 Å². The Bertz CT molecular complexity index is 1110. The van der Waals surface area contributed by atoms with Crippen LogP contribution in [0.25, 0.3) is 5.57 Å². The molecule has 1 N–H and O–H groups in total. The minimum atomic E-state index is -0.924. The molecule has 0 unspecified atom stereocenters. The van der Waals surface area contributed by atoms with Gasteiger partial charge in [-0.2, -0.15) is 0 Å². The monoisotopic (exact) mass is 521 g/mol. The topological polar surface area (TPSA) is 73.7 Å². The highest BCUT2D eigenvalue weighted by Crippen LogP contribution is 2.41. The average molecular weight is 522 g/mol. The van der Waals surface area contributed by atoms with E-state index in [1.54, 1.807) is 6.20 Å². The van der Waals surface area contributed by atoms with Crippen LogP contribution in [-0.2, 0) is 11.3 Å². The molecule has 37 heavy (non-hydrogen) atoms. The molecule has 7 heteroatoms. The summed E-state index contributed by atoms with van der Waals surface area (Å²) in [5.74, 6) is -0.133. The van der Waals surface area contributed by atoms with E-state index in [-0.39, 0.29) is 17.9 Å². The van der Waals surface area contributed by atoms with Gasteiger partial charge in [0.15, 0.2) is 0 Å². The number of hydrogen-bond acceptors (Lipinski definition) is 5. The van der Waals surface area contributed by atoms with E-state index in [2.05, 4.69) is 29.0 Å². The number of aromatic nitrogens is 1. The zero-order valence-electron chi connectivity index (χ0n) is 21.9. The van der Waals surface area contributed by atoms with Crippen LogP contribution in [0, 0.1) is 11.8 Å². The molecule has 0 aromatic carbocycles. The number of carboxylic acids is 1. The fourth-order valence-electron chi connectivity index (χ4n) is 6.22. The number of allylic oxidation sites excluding steroid dienone is 2. The molecule has 2 aliphatic carbocycles. The molecule has 5 rings (SSSR count). The Morgan fingerprint density at radius 3 is 2.57 bits per heavy atom. The third kappa shape index (κ3) is 6.15. The van der Waals surface area contributed by atoms with Crippen molar-refractivity contribution in [3.8, 4) is 0 Å². The van der Waals surface area contributed by atoms with Crippen molar-refractivity contribution in [3.63, 3.8) is 0 Å². The lowest BCUT2D eigenvalue weighted by Gasteiger charge is -2.40. The zero-order chi connectivity index (χ0) is 25.8. The molecule has 1 amide bonds. The third-order valence-electron chi connectivity index (χ3n) is 8.43. The van der Waals surface area contributed by atoms with E-state index < -0.39 is 5.97 Å². The molecule has 1 saturated carbocycles. The first-order valence-corrected chi connectivity index (χ1v) is 14.8. The number of pyridine rings is 1. The van der Waals surface area contributed by atoms with Crippen LogP contribution in [0.15, 0.2) is 36.7 Å². The van der Waals surface area contributed by atoms with Gasteiger partial charge < -0.3 is 10.0 Å². The lowest BCUT2D eigenvalue weighted by Crippen LogP contribution is -2.50. The number of aromatic carboxylic acids is 1. The first-order valence-electron chi connectivity index (χ1n) is 14.0. The quantitative estimate of drug-likeness (QED) is 0.443. The van der Waals surface area contributed by atoms with E-state index in [4.69, 9.17) is 0 Å². The van der Waals surface area contributed by atoms with Gasteiger partial charge in [0.25, 0.3) is 0 Å². The zero-order valence-corrected chi connectivity index (χ0v) is 22.7. The highest BCUT2D eigenvalue weighted by atomic mass is 32.1. The Morgan fingerprint density at radius 2 is 1.92 bits per heavy atom. The summed E-state index contributed by atoms with van der Waals surface area (Å²) in [6, 6.07) is 6.12. The van der Waals surface area contributed by atoms with Crippen LogP contribution >= 0.6 is 11.3 Å². The summed E-state index contributed by atoms with van der Waals surface area (Å²) in [4.78, 5) is 36.5. The number of amides is 1. The first-order chi connectivity index (χ1) is 18.0. The maximum absolute atomic E-state index is 14.1. The number of piperidine rings is 1. The molecule has 2 aromatic heterocycles. The largest absolute Gasteiger partial charge is 0.477 e. The van der Waals surface area contributed by atoms with Gasteiger partial charge in [0.05, 0.1) is 5.69 Å². The summed E-state index contributed by atoms with van der Waals surface area (Å²) in [5.41, 5.74) is 3.07. The van der Waals surface area contributed by atoms with Gasteiger partial charge in [-0.3, -0.25) is 14.7 Å². The summed E-state index contributed by atoms with van der Waals surface area (Å²) in [6.07, 6.45) is 16.0. The molecule has 2 aromatic rings. The Balaban J connectivity index is 1.41. The normalized spacial score (nSPS) is 23.4. The van der Waals surface area contributed by atoms with Crippen molar-refractivity contribution in [3.05, 3.63) is 52.0 Å². The van der Waals surface area contributed by atoms with Gasteiger partial charge in [0, 0.05) is 48.9 Å². The van der Waals surface area contributed by atoms with Gasteiger partial charge in [-0.15, -0.1) is 11.3 Å². The lowest BCUT2D eigenvalue weighted by atomic mass is 9.82. The van der Waals surface area contributed by atoms with Gasteiger partial charge in [0.2, 0.25) is 5.91 Å². The maximum atomic E-state index is 14.1. The number of carbonyl (C=O) groups is 2. The third-order valence-corrected chi connectivity index (χ3v) is 9.62. The van der Waals surface area contributed by atoms with Crippen molar-refractivity contribution >= 4 is 34.5 Å². The molecule has 0 spiro atoms. The second kappa shape index (κ2) is 11.9. The highest BCUT2D eigenvalue weighted by molar-refractivity contribution is 7.15. The fourth-order valence-corrected chi connectivity index (χ4v) is 7.27. The molecular formula is C30H39N3O3S. The molecule has 0 bridgehead atoms. The number of thiophene rings is 1. The summed E-state index contributed by atoms with van der Waals surface area (Å²) in [5, 5.41) is 10.2. The van der Waals surface area contributed by atoms with E-state index in [1.807, 2.05) is 23.2 Å². The standard InChI is InChI=1S/C30H39N3O3S/c1-21-9-11-24(12-10-21)29(34)33(25-13-16-32(17-14-25)20-22-6-5-15-31-19-22)26-18-27(37-28(26)30(35)36)23-7-3-2-4-8-23/h5-7,15,18-19,21,24-25H,2-4,8-14,16-17,20H2,1H3,(H,35,36)/t21-,24-. The summed E-state index contributed by atoms with van der Waals surface area (Å²) >= 11 is 1.35. The Morgan fingerprint density at radius 1 is 1.14 bits per heavy atom. The van der Waals surface area contributed by atoms with Crippen molar-refractivity contribution in [1.29, 1.82) is 0 Å². The van der Waals surface area contributed by atoms with Gasteiger partial charge in [0.1, 0.15) is 4.88 Å². The van der Waals surface area contributed by atoms with Crippen LogP contribution in [0.1, 0.15) is 91.2 Å². The number of anilines is 1. The predicted molar refractivity (Wildman–Crippen MR) is 149 cm³/mol. The second-order valence-corrected chi connectivity index (χ2v) is 12.2. The molecule has 6 nitrogen and oxygen atoms in total. The number of carbonyl (C=O) groups excluding carboxylic acids is 1. The average Bonchev–Trinajstić information content (AvgIpc) is 3.37. The van der Waals surface area contributed by atoms with Gasteiger partial charge >= 0.3 is 5.97 Å². The van der Waals surface area contributed by atoms with E-state index in [0.29, 0.717) is 16.5 Å². The van der Waals surface area contributed by atoms with E-state index in [1.165, 1.54) is 28.9 Å². The molecule has 1 aliphatic heterocycles.